The number of piperidine rings is 1. The summed E-state index contributed by atoms with van der Waals surface area (Å²) in [6.07, 6.45) is 5.55. The van der Waals surface area contributed by atoms with E-state index in [1.54, 1.807) is 18.2 Å². The van der Waals surface area contributed by atoms with Gasteiger partial charge in [-0.1, -0.05) is 38.3 Å². The zero-order valence-corrected chi connectivity index (χ0v) is 16.9. The van der Waals surface area contributed by atoms with Gasteiger partial charge in [0.05, 0.1) is 10.5 Å². The first kappa shape index (κ1) is 22.9. The summed E-state index contributed by atoms with van der Waals surface area (Å²) < 4.78 is 27.4. The minimum atomic E-state index is -3.66. The highest BCUT2D eigenvalue weighted by Gasteiger charge is 2.30. The maximum Gasteiger partial charge on any atom is 0.252 e. The lowest BCUT2D eigenvalue weighted by atomic mass is 10.1. The third kappa shape index (κ3) is 5.67. The van der Waals surface area contributed by atoms with E-state index in [4.69, 9.17) is 5.73 Å². The van der Waals surface area contributed by atoms with E-state index in [1.165, 1.54) is 10.4 Å². The summed E-state index contributed by atoms with van der Waals surface area (Å²) in [7, 11) is -3.66. The van der Waals surface area contributed by atoms with Gasteiger partial charge in [0.15, 0.2) is 0 Å². The van der Waals surface area contributed by atoms with Gasteiger partial charge in [-0.05, 0) is 31.4 Å². The summed E-state index contributed by atoms with van der Waals surface area (Å²) in [5, 5.41) is 2.89. The predicted octanol–water partition coefficient (Wildman–Crippen LogP) is 2.53. The van der Waals surface area contributed by atoms with Crippen molar-refractivity contribution < 1.29 is 13.2 Å². The van der Waals surface area contributed by atoms with E-state index in [0.717, 1.165) is 38.5 Å². The maximum atomic E-state index is 13.0. The maximum absolute atomic E-state index is 13.0. The molecule has 148 valence electrons. The number of carbonyl (C=O) groups is 1. The van der Waals surface area contributed by atoms with Gasteiger partial charge in [-0.25, -0.2) is 8.42 Å². The normalized spacial score (nSPS) is 16.5. The van der Waals surface area contributed by atoms with Crippen molar-refractivity contribution in [2.75, 3.05) is 19.6 Å². The fourth-order valence-corrected chi connectivity index (χ4v) is 4.79. The summed E-state index contributed by atoms with van der Waals surface area (Å²) in [5.41, 5.74) is 5.94. The summed E-state index contributed by atoms with van der Waals surface area (Å²) in [6.45, 7) is 3.45. The number of amides is 1. The first-order valence-corrected chi connectivity index (χ1v) is 10.5. The van der Waals surface area contributed by atoms with Gasteiger partial charge in [0, 0.05) is 25.7 Å². The molecule has 1 amide bonds. The zero-order chi connectivity index (χ0) is 18.3. The largest absolute Gasteiger partial charge is 0.348 e. The number of unbranched alkanes of at least 4 members (excludes halogenated alkanes) is 1. The predicted molar refractivity (Wildman–Crippen MR) is 106 cm³/mol. The van der Waals surface area contributed by atoms with Crippen LogP contribution in [0.3, 0.4) is 0 Å². The fraction of sp³-hybridized carbons (Fsp3) is 0.611. The van der Waals surface area contributed by atoms with Gasteiger partial charge in [-0.2, -0.15) is 4.31 Å². The molecule has 1 aliphatic rings. The van der Waals surface area contributed by atoms with Crippen LogP contribution in [0.15, 0.2) is 29.2 Å². The van der Waals surface area contributed by atoms with Gasteiger partial charge >= 0.3 is 0 Å². The Bertz CT molecular complexity index is 676. The molecule has 2 rings (SSSR count). The van der Waals surface area contributed by atoms with Crippen LogP contribution in [0.5, 0.6) is 0 Å². The minimum absolute atomic E-state index is 0. The van der Waals surface area contributed by atoms with Gasteiger partial charge in [0.1, 0.15) is 0 Å². The summed E-state index contributed by atoms with van der Waals surface area (Å²) in [4.78, 5) is 12.8. The SMILES string of the molecule is CCCCC(CN)NC(=O)c1ccccc1S(=O)(=O)N1CCCCC1.Cl. The first-order valence-electron chi connectivity index (χ1n) is 9.10. The molecule has 0 saturated carbocycles. The van der Waals surface area contributed by atoms with E-state index in [-0.39, 0.29) is 34.8 Å². The molecule has 1 fully saturated rings. The Labute approximate surface area is 163 Å². The molecule has 1 saturated heterocycles. The molecule has 1 unspecified atom stereocenters. The molecule has 1 aliphatic heterocycles. The number of nitrogens with zero attached hydrogens (tertiary/aromatic N) is 1. The molecule has 0 aromatic heterocycles. The molecule has 3 N–H and O–H groups in total. The van der Waals surface area contributed by atoms with Gasteiger partial charge in [-0.3, -0.25) is 4.79 Å². The van der Waals surface area contributed by atoms with E-state index in [2.05, 4.69) is 12.2 Å². The molecule has 1 aromatic rings. The first-order chi connectivity index (χ1) is 12.0. The van der Waals surface area contributed by atoms with Crippen LogP contribution in [0.25, 0.3) is 0 Å². The third-order valence-electron chi connectivity index (χ3n) is 4.59. The van der Waals surface area contributed by atoms with Crippen LogP contribution >= 0.6 is 12.4 Å². The average molecular weight is 404 g/mol. The van der Waals surface area contributed by atoms with Crippen molar-refractivity contribution >= 4 is 28.3 Å². The monoisotopic (exact) mass is 403 g/mol. The van der Waals surface area contributed by atoms with E-state index in [1.807, 2.05) is 0 Å². The van der Waals surface area contributed by atoms with Crippen LogP contribution in [0.1, 0.15) is 55.8 Å². The fourth-order valence-electron chi connectivity index (χ4n) is 3.09. The highest BCUT2D eigenvalue weighted by atomic mass is 35.5. The second-order valence-electron chi connectivity index (χ2n) is 6.51. The third-order valence-corrected chi connectivity index (χ3v) is 6.55. The molecular weight excluding hydrogens is 374 g/mol. The molecule has 0 radical (unpaired) electrons. The van der Waals surface area contributed by atoms with Crippen molar-refractivity contribution in [1.29, 1.82) is 0 Å². The van der Waals surface area contributed by atoms with Crippen LogP contribution < -0.4 is 11.1 Å². The molecule has 0 bridgehead atoms. The van der Waals surface area contributed by atoms with Crippen LogP contribution in [-0.4, -0.2) is 44.3 Å². The number of rotatable bonds is 8. The molecule has 0 spiro atoms. The Morgan fingerprint density at radius 2 is 1.88 bits per heavy atom. The molecule has 1 heterocycles. The molecule has 8 heteroatoms. The van der Waals surface area contributed by atoms with Crippen molar-refractivity contribution in [1.82, 2.24) is 9.62 Å². The topological polar surface area (TPSA) is 92.5 Å². The summed E-state index contributed by atoms with van der Waals surface area (Å²) in [5.74, 6) is -0.372. The van der Waals surface area contributed by atoms with Crippen molar-refractivity contribution in [3.05, 3.63) is 29.8 Å². The Balaban J connectivity index is 0.00000338. The number of hydrogen-bond acceptors (Lipinski definition) is 4. The van der Waals surface area contributed by atoms with Crippen molar-refractivity contribution in [3.8, 4) is 0 Å². The highest BCUT2D eigenvalue weighted by molar-refractivity contribution is 7.89. The summed E-state index contributed by atoms with van der Waals surface area (Å²) in [6, 6.07) is 6.29. The second kappa shape index (κ2) is 10.9. The van der Waals surface area contributed by atoms with Gasteiger partial charge in [0.2, 0.25) is 10.0 Å². The smallest absolute Gasteiger partial charge is 0.252 e. The number of carbonyl (C=O) groups excluding carboxylic acids is 1. The van der Waals surface area contributed by atoms with Crippen LogP contribution in [0.2, 0.25) is 0 Å². The van der Waals surface area contributed by atoms with E-state index in [0.29, 0.717) is 19.6 Å². The van der Waals surface area contributed by atoms with Crippen molar-refractivity contribution in [2.45, 2.75) is 56.4 Å². The Morgan fingerprint density at radius 1 is 1.23 bits per heavy atom. The van der Waals surface area contributed by atoms with Crippen molar-refractivity contribution in [2.24, 2.45) is 5.73 Å². The van der Waals surface area contributed by atoms with Gasteiger partial charge in [-0.15, -0.1) is 12.4 Å². The molecule has 6 nitrogen and oxygen atoms in total. The number of hydrogen-bond donors (Lipinski definition) is 2. The van der Waals surface area contributed by atoms with Crippen LogP contribution in [0.4, 0.5) is 0 Å². The number of benzene rings is 1. The Morgan fingerprint density at radius 3 is 2.50 bits per heavy atom. The van der Waals surface area contributed by atoms with E-state index in [9.17, 15) is 13.2 Å². The molecule has 26 heavy (non-hydrogen) atoms. The average Bonchev–Trinajstić information content (AvgIpc) is 2.65. The number of nitrogens with two attached hydrogens (primary N) is 1. The zero-order valence-electron chi connectivity index (χ0n) is 15.3. The van der Waals surface area contributed by atoms with E-state index < -0.39 is 10.0 Å². The lowest BCUT2D eigenvalue weighted by molar-refractivity contribution is 0.0932. The molecule has 1 atom stereocenters. The quantitative estimate of drug-likeness (QED) is 0.697. The summed E-state index contributed by atoms with van der Waals surface area (Å²) >= 11 is 0. The Hall–Kier alpha value is -1.15. The lowest BCUT2D eigenvalue weighted by Gasteiger charge is -2.27. The molecular formula is C18H30ClN3O3S. The van der Waals surface area contributed by atoms with E-state index >= 15 is 0 Å². The van der Waals surface area contributed by atoms with Crippen LogP contribution in [0, 0.1) is 0 Å². The number of halogens is 1. The molecule has 0 aliphatic carbocycles. The number of nitrogens with one attached hydrogen (secondary N) is 1. The van der Waals surface area contributed by atoms with Gasteiger partial charge < -0.3 is 11.1 Å². The molecule has 1 aromatic carbocycles. The minimum Gasteiger partial charge on any atom is -0.348 e. The van der Waals surface area contributed by atoms with Crippen molar-refractivity contribution in [3.63, 3.8) is 0 Å². The standard InChI is InChI=1S/C18H29N3O3S.ClH/c1-2-3-9-15(14-19)20-18(22)16-10-5-6-11-17(16)25(23,24)21-12-7-4-8-13-21;/h5-6,10-11,15H,2-4,7-9,12-14,19H2,1H3,(H,20,22);1H. The highest BCUT2D eigenvalue weighted by Crippen LogP contribution is 2.23. The second-order valence-corrected chi connectivity index (χ2v) is 8.42. The Kier molecular flexibility index (Phi) is 9.57. The number of sulfonamides is 1. The lowest BCUT2D eigenvalue weighted by Crippen LogP contribution is -2.41. The van der Waals surface area contributed by atoms with Crippen LogP contribution in [-0.2, 0) is 10.0 Å². The van der Waals surface area contributed by atoms with Gasteiger partial charge in [0.25, 0.3) is 5.91 Å².